The topological polar surface area (TPSA) is 80.1 Å². The molecule has 0 bridgehead atoms. The molecule has 1 aromatic carbocycles. The van der Waals surface area contributed by atoms with Crippen LogP contribution in [0.1, 0.15) is 40.9 Å². The molecule has 1 fully saturated rings. The molecule has 2 aromatic heterocycles. The first-order valence-electron chi connectivity index (χ1n) is 10.9. The second-order valence-corrected chi connectivity index (χ2v) is 8.38. The van der Waals surface area contributed by atoms with Crippen molar-refractivity contribution in [2.45, 2.75) is 39.7 Å². The van der Waals surface area contributed by atoms with E-state index in [1.165, 1.54) is 0 Å². The molecule has 162 valence electrons. The number of aromatic nitrogens is 3. The second kappa shape index (κ2) is 9.29. The number of nitrogens with one attached hydrogen (secondary N) is 1. The van der Waals surface area contributed by atoms with Crippen LogP contribution in [0, 0.1) is 19.8 Å². The zero-order valence-corrected chi connectivity index (χ0v) is 18.2. The smallest absolute Gasteiger partial charge is 0.255 e. The van der Waals surface area contributed by atoms with Crippen LogP contribution in [0.3, 0.4) is 0 Å². The Balaban J connectivity index is 1.36. The van der Waals surface area contributed by atoms with Crippen LogP contribution in [0.5, 0.6) is 0 Å². The predicted molar refractivity (Wildman–Crippen MR) is 120 cm³/mol. The molecular weight excluding hydrogens is 390 g/mol. The standard InChI is InChI=1S/C24H29N5O2/c1-17-5-3-7-20-14-21(18(2)27-23(17)20)24(31)29-10-4-6-19(15-29)13-22(30)26-9-12-28-11-8-25-16-28/h3,5,7-8,11,14,16,19H,4,6,9-10,12-13,15H2,1-2H3,(H,26,30)/t19-/m0/s1. The molecule has 0 saturated carbocycles. The van der Waals surface area contributed by atoms with E-state index in [4.69, 9.17) is 4.98 Å². The summed E-state index contributed by atoms with van der Waals surface area (Å²) in [5.41, 5.74) is 3.46. The van der Waals surface area contributed by atoms with Gasteiger partial charge in [-0.2, -0.15) is 0 Å². The average Bonchev–Trinajstić information content (AvgIpc) is 3.27. The molecule has 0 aliphatic carbocycles. The minimum atomic E-state index is 0.0126. The number of para-hydroxylation sites is 1. The number of amides is 2. The lowest BCUT2D eigenvalue weighted by atomic mass is 9.93. The van der Waals surface area contributed by atoms with Gasteiger partial charge in [-0.15, -0.1) is 0 Å². The molecule has 2 amide bonds. The van der Waals surface area contributed by atoms with Crippen LogP contribution in [0.25, 0.3) is 10.9 Å². The normalized spacial score (nSPS) is 16.5. The molecule has 1 saturated heterocycles. The summed E-state index contributed by atoms with van der Waals surface area (Å²) in [5.74, 6) is 0.235. The van der Waals surface area contributed by atoms with Gasteiger partial charge in [-0.05, 0) is 44.2 Å². The molecule has 3 aromatic rings. The highest BCUT2D eigenvalue weighted by atomic mass is 16.2. The van der Waals surface area contributed by atoms with Crippen LogP contribution in [-0.4, -0.2) is 50.9 Å². The number of aryl methyl sites for hydroxylation is 2. The fourth-order valence-electron chi connectivity index (χ4n) is 4.32. The number of carbonyl (C=O) groups is 2. The van der Waals surface area contributed by atoms with Crippen LogP contribution < -0.4 is 5.32 Å². The molecule has 1 N–H and O–H groups in total. The van der Waals surface area contributed by atoms with Crippen molar-refractivity contribution in [1.29, 1.82) is 0 Å². The van der Waals surface area contributed by atoms with Gasteiger partial charge < -0.3 is 14.8 Å². The van der Waals surface area contributed by atoms with Gasteiger partial charge in [0, 0.05) is 50.4 Å². The Morgan fingerprint density at radius 1 is 1.26 bits per heavy atom. The molecule has 4 rings (SSSR count). The van der Waals surface area contributed by atoms with Crippen LogP contribution in [0.2, 0.25) is 0 Å². The first kappa shape index (κ1) is 21.0. The average molecular weight is 420 g/mol. The van der Waals surface area contributed by atoms with Crippen LogP contribution in [-0.2, 0) is 11.3 Å². The molecule has 1 atom stereocenters. The summed E-state index contributed by atoms with van der Waals surface area (Å²) in [4.78, 5) is 36.2. The number of fused-ring (bicyclic) bond motifs is 1. The number of likely N-dealkylation sites (tertiary alicyclic amines) is 1. The largest absolute Gasteiger partial charge is 0.354 e. The van der Waals surface area contributed by atoms with Gasteiger partial charge in [0.25, 0.3) is 5.91 Å². The van der Waals surface area contributed by atoms with Crippen molar-refractivity contribution in [2.24, 2.45) is 5.92 Å². The van der Waals surface area contributed by atoms with E-state index in [0.717, 1.165) is 41.5 Å². The Morgan fingerprint density at radius 2 is 2.13 bits per heavy atom. The van der Waals surface area contributed by atoms with E-state index in [1.54, 1.807) is 12.5 Å². The van der Waals surface area contributed by atoms with Crippen LogP contribution >= 0.6 is 0 Å². The first-order valence-corrected chi connectivity index (χ1v) is 10.9. The summed E-state index contributed by atoms with van der Waals surface area (Å²) < 4.78 is 1.93. The minimum Gasteiger partial charge on any atom is -0.354 e. The Bertz CT molecular complexity index is 1080. The van der Waals surface area contributed by atoms with Gasteiger partial charge in [0.1, 0.15) is 0 Å². The Kier molecular flexibility index (Phi) is 6.30. The van der Waals surface area contributed by atoms with Crippen molar-refractivity contribution in [1.82, 2.24) is 24.8 Å². The number of hydrogen-bond donors (Lipinski definition) is 1. The maximum Gasteiger partial charge on any atom is 0.255 e. The number of benzene rings is 1. The predicted octanol–water partition coefficient (Wildman–Crippen LogP) is 3.11. The van der Waals surface area contributed by atoms with E-state index < -0.39 is 0 Å². The summed E-state index contributed by atoms with van der Waals surface area (Å²) in [5, 5.41) is 3.96. The van der Waals surface area contributed by atoms with E-state index in [0.29, 0.717) is 31.6 Å². The molecule has 1 aliphatic heterocycles. The summed E-state index contributed by atoms with van der Waals surface area (Å²) in [7, 11) is 0. The Morgan fingerprint density at radius 3 is 2.94 bits per heavy atom. The van der Waals surface area contributed by atoms with Crippen molar-refractivity contribution < 1.29 is 9.59 Å². The molecule has 0 spiro atoms. The highest BCUT2D eigenvalue weighted by molar-refractivity contribution is 5.99. The molecule has 31 heavy (non-hydrogen) atoms. The third kappa shape index (κ3) is 4.93. The van der Waals surface area contributed by atoms with Crippen molar-refractivity contribution >= 4 is 22.7 Å². The van der Waals surface area contributed by atoms with Crippen LogP contribution in [0.4, 0.5) is 0 Å². The molecule has 7 heteroatoms. The fraction of sp³-hybridized carbons (Fsp3) is 0.417. The fourth-order valence-corrected chi connectivity index (χ4v) is 4.32. The summed E-state index contributed by atoms with van der Waals surface area (Å²) in [6, 6.07) is 7.98. The number of nitrogens with zero attached hydrogens (tertiary/aromatic N) is 4. The van der Waals surface area contributed by atoms with Gasteiger partial charge in [-0.25, -0.2) is 4.98 Å². The highest BCUT2D eigenvalue weighted by Gasteiger charge is 2.27. The zero-order chi connectivity index (χ0) is 21.8. The lowest BCUT2D eigenvalue weighted by molar-refractivity contribution is -0.122. The number of hydrogen-bond acceptors (Lipinski definition) is 4. The van der Waals surface area contributed by atoms with Gasteiger partial charge in [-0.1, -0.05) is 18.2 Å². The zero-order valence-electron chi connectivity index (χ0n) is 18.2. The third-order valence-corrected chi connectivity index (χ3v) is 6.00. The maximum atomic E-state index is 13.3. The van der Waals surface area contributed by atoms with E-state index in [9.17, 15) is 9.59 Å². The first-order chi connectivity index (χ1) is 15.0. The monoisotopic (exact) mass is 419 g/mol. The molecule has 0 radical (unpaired) electrons. The summed E-state index contributed by atoms with van der Waals surface area (Å²) >= 11 is 0. The highest BCUT2D eigenvalue weighted by Crippen LogP contribution is 2.24. The molecule has 7 nitrogen and oxygen atoms in total. The minimum absolute atomic E-state index is 0.0126. The summed E-state index contributed by atoms with van der Waals surface area (Å²) in [6.45, 7) is 6.54. The van der Waals surface area contributed by atoms with Gasteiger partial charge in [0.15, 0.2) is 0 Å². The Labute approximate surface area is 182 Å². The second-order valence-electron chi connectivity index (χ2n) is 8.38. The lowest BCUT2D eigenvalue weighted by Crippen LogP contribution is -2.42. The lowest BCUT2D eigenvalue weighted by Gasteiger charge is -2.33. The van der Waals surface area contributed by atoms with Crippen molar-refractivity contribution in [3.05, 3.63) is 59.8 Å². The third-order valence-electron chi connectivity index (χ3n) is 6.00. The van der Waals surface area contributed by atoms with Gasteiger partial charge in [0.05, 0.1) is 23.1 Å². The Hall–Kier alpha value is -3.22. The van der Waals surface area contributed by atoms with Crippen molar-refractivity contribution in [3.8, 4) is 0 Å². The van der Waals surface area contributed by atoms with E-state index >= 15 is 0 Å². The quantitative estimate of drug-likeness (QED) is 0.666. The SMILES string of the molecule is Cc1nc2c(C)cccc2cc1C(=O)N1CCC[C@@H](CC(=O)NCCn2ccnc2)C1. The van der Waals surface area contributed by atoms with E-state index in [1.807, 2.05) is 53.8 Å². The molecule has 3 heterocycles. The number of rotatable bonds is 6. The number of pyridine rings is 1. The van der Waals surface area contributed by atoms with Gasteiger partial charge >= 0.3 is 0 Å². The van der Waals surface area contributed by atoms with Crippen molar-refractivity contribution in [2.75, 3.05) is 19.6 Å². The molecular formula is C24H29N5O2. The number of piperidine rings is 1. The van der Waals surface area contributed by atoms with E-state index in [-0.39, 0.29) is 17.7 Å². The molecule has 0 unspecified atom stereocenters. The van der Waals surface area contributed by atoms with Crippen molar-refractivity contribution in [3.63, 3.8) is 0 Å². The number of imidazole rings is 1. The summed E-state index contributed by atoms with van der Waals surface area (Å²) in [6.07, 6.45) is 7.67. The maximum absolute atomic E-state index is 13.3. The van der Waals surface area contributed by atoms with E-state index in [2.05, 4.69) is 10.3 Å². The van der Waals surface area contributed by atoms with Gasteiger partial charge in [-0.3, -0.25) is 14.6 Å². The number of carbonyl (C=O) groups excluding carboxylic acids is 2. The van der Waals surface area contributed by atoms with Gasteiger partial charge in [0.2, 0.25) is 5.91 Å². The van der Waals surface area contributed by atoms with Crippen LogP contribution in [0.15, 0.2) is 43.0 Å². The molecule has 1 aliphatic rings.